The Bertz CT molecular complexity index is 119. The normalized spacial score (nSPS) is 13.3. The van der Waals surface area contributed by atoms with Gasteiger partial charge in [0.05, 0.1) is 0 Å². The Morgan fingerprint density at radius 1 is 1.58 bits per heavy atom. The molecule has 0 amide bonds. The molecule has 0 spiro atoms. The number of hydrogen-bond donors (Lipinski definition) is 0. The van der Waals surface area contributed by atoms with Gasteiger partial charge in [0, 0.05) is 24.8 Å². The van der Waals surface area contributed by atoms with E-state index in [-0.39, 0.29) is 0 Å². The standard InChI is InChI=1S/C9H19NOS/c1-4-9(8-12-3)10(2)6-5-7-11/h7,9H,4-6,8H2,1-3H3. The van der Waals surface area contributed by atoms with Crippen molar-refractivity contribution < 1.29 is 4.79 Å². The van der Waals surface area contributed by atoms with Crippen LogP contribution in [0.5, 0.6) is 0 Å². The van der Waals surface area contributed by atoms with Gasteiger partial charge < -0.3 is 9.69 Å². The first kappa shape index (κ1) is 12.0. The second-order valence-corrected chi connectivity index (χ2v) is 3.86. The summed E-state index contributed by atoms with van der Waals surface area (Å²) in [5.41, 5.74) is 0. The summed E-state index contributed by atoms with van der Waals surface area (Å²) >= 11 is 1.87. The summed E-state index contributed by atoms with van der Waals surface area (Å²) in [6, 6.07) is 0.625. The molecule has 0 fully saturated rings. The molecule has 0 rings (SSSR count). The van der Waals surface area contributed by atoms with Crippen molar-refractivity contribution in [3.63, 3.8) is 0 Å². The molecule has 12 heavy (non-hydrogen) atoms. The minimum absolute atomic E-state index is 0.625. The number of hydrogen-bond acceptors (Lipinski definition) is 3. The third-order valence-corrected chi connectivity index (χ3v) is 2.77. The molecule has 3 heteroatoms. The fourth-order valence-corrected chi connectivity index (χ4v) is 2.06. The van der Waals surface area contributed by atoms with Crippen LogP contribution < -0.4 is 0 Å². The predicted molar refractivity (Wildman–Crippen MR) is 55.8 cm³/mol. The van der Waals surface area contributed by atoms with Gasteiger partial charge in [0.2, 0.25) is 0 Å². The average Bonchev–Trinajstić information content (AvgIpc) is 2.10. The Balaban J connectivity index is 3.67. The molecule has 72 valence electrons. The minimum Gasteiger partial charge on any atom is -0.303 e. The van der Waals surface area contributed by atoms with Crippen molar-refractivity contribution in [3.05, 3.63) is 0 Å². The highest BCUT2D eigenvalue weighted by Gasteiger charge is 2.10. The van der Waals surface area contributed by atoms with E-state index in [2.05, 4.69) is 25.1 Å². The summed E-state index contributed by atoms with van der Waals surface area (Å²) < 4.78 is 0. The quantitative estimate of drug-likeness (QED) is 0.568. The summed E-state index contributed by atoms with van der Waals surface area (Å²) in [5.74, 6) is 1.16. The molecule has 0 aromatic heterocycles. The fourth-order valence-electron chi connectivity index (χ4n) is 1.19. The van der Waals surface area contributed by atoms with E-state index in [1.54, 1.807) is 0 Å². The first-order valence-corrected chi connectivity index (χ1v) is 5.78. The summed E-state index contributed by atoms with van der Waals surface area (Å²) in [6.45, 7) is 3.08. The molecule has 1 atom stereocenters. The number of carbonyl (C=O) groups is 1. The van der Waals surface area contributed by atoms with E-state index in [0.29, 0.717) is 12.5 Å². The lowest BCUT2D eigenvalue weighted by atomic mass is 10.2. The highest BCUT2D eigenvalue weighted by Crippen LogP contribution is 2.07. The average molecular weight is 189 g/mol. The monoisotopic (exact) mass is 189 g/mol. The Kier molecular flexibility index (Phi) is 7.61. The van der Waals surface area contributed by atoms with Gasteiger partial charge in [-0.1, -0.05) is 6.92 Å². The van der Waals surface area contributed by atoms with Crippen LogP contribution in [0.3, 0.4) is 0 Å². The van der Waals surface area contributed by atoms with Crippen LogP contribution in [0.25, 0.3) is 0 Å². The van der Waals surface area contributed by atoms with E-state index < -0.39 is 0 Å². The summed E-state index contributed by atoms with van der Waals surface area (Å²) in [6.07, 6.45) is 4.93. The summed E-state index contributed by atoms with van der Waals surface area (Å²) in [4.78, 5) is 12.4. The van der Waals surface area contributed by atoms with Crippen LogP contribution in [-0.4, -0.2) is 42.8 Å². The van der Waals surface area contributed by atoms with Crippen molar-refractivity contribution in [3.8, 4) is 0 Å². The van der Waals surface area contributed by atoms with Crippen LogP contribution in [0.1, 0.15) is 19.8 Å². The smallest absolute Gasteiger partial charge is 0.121 e. The fraction of sp³-hybridized carbons (Fsp3) is 0.889. The van der Waals surface area contributed by atoms with Crippen LogP contribution in [-0.2, 0) is 4.79 Å². The van der Waals surface area contributed by atoms with Gasteiger partial charge in [-0.15, -0.1) is 0 Å². The van der Waals surface area contributed by atoms with Crippen LogP contribution in [0, 0.1) is 0 Å². The van der Waals surface area contributed by atoms with Crippen molar-refractivity contribution in [2.75, 3.05) is 25.6 Å². The first-order chi connectivity index (χ1) is 5.76. The number of carbonyl (C=O) groups excluding carboxylic acids is 1. The zero-order valence-electron chi connectivity index (χ0n) is 8.25. The molecule has 0 aromatic rings. The van der Waals surface area contributed by atoms with Gasteiger partial charge in [0.1, 0.15) is 6.29 Å². The highest BCUT2D eigenvalue weighted by molar-refractivity contribution is 7.98. The lowest BCUT2D eigenvalue weighted by Crippen LogP contribution is -2.34. The molecular weight excluding hydrogens is 170 g/mol. The summed E-state index contributed by atoms with van der Waals surface area (Å²) in [5, 5.41) is 0. The molecule has 0 saturated heterocycles. The molecule has 2 nitrogen and oxygen atoms in total. The van der Waals surface area contributed by atoms with Gasteiger partial charge in [-0.25, -0.2) is 0 Å². The second kappa shape index (κ2) is 7.62. The van der Waals surface area contributed by atoms with Gasteiger partial charge in [0.15, 0.2) is 0 Å². The third-order valence-electron chi connectivity index (χ3n) is 2.05. The molecule has 0 N–H and O–H groups in total. The zero-order chi connectivity index (χ0) is 9.40. The Morgan fingerprint density at radius 2 is 2.25 bits per heavy atom. The molecule has 0 radical (unpaired) electrons. The molecular formula is C9H19NOS. The van der Waals surface area contributed by atoms with Crippen molar-refractivity contribution in [2.45, 2.75) is 25.8 Å². The van der Waals surface area contributed by atoms with E-state index >= 15 is 0 Å². The maximum Gasteiger partial charge on any atom is 0.121 e. The van der Waals surface area contributed by atoms with E-state index in [9.17, 15) is 4.79 Å². The molecule has 0 heterocycles. The SMILES string of the molecule is CCC(CSC)N(C)CCC=O. The molecule has 0 aliphatic heterocycles. The van der Waals surface area contributed by atoms with Crippen molar-refractivity contribution in [1.29, 1.82) is 0 Å². The molecule has 0 bridgehead atoms. The maximum atomic E-state index is 10.1. The number of nitrogens with zero attached hydrogens (tertiary/aromatic N) is 1. The van der Waals surface area contributed by atoms with Crippen molar-refractivity contribution in [2.24, 2.45) is 0 Å². The van der Waals surface area contributed by atoms with Crippen molar-refractivity contribution in [1.82, 2.24) is 4.90 Å². The number of rotatable bonds is 7. The third kappa shape index (κ3) is 4.78. The number of aldehydes is 1. The molecule has 0 aliphatic rings. The topological polar surface area (TPSA) is 20.3 Å². The molecule has 0 aliphatic carbocycles. The molecule has 0 saturated carbocycles. The zero-order valence-corrected chi connectivity index (χ0v) is 9.06. The Labute approximate surface area is 79.7 Å². The highest BCUT2D eigenvalue weighted by atomic mass is 32.2. The van der Waals surface area contributed by atoms with Gasteiger partial charge in [-0.2, -0.15) is 11.8 Å². The van der Waals surface area contributed by atoms with Crippen molar-refractivity contribution >= 4 is 18.0 Å². The van der Waals surface area contributed by atoms with E-state index in [0.717, 1.165) is 25.0 Å². The second-order valence-electron chi connectivity index (χ2n) is 2.95. The summed E-state index contributed by atoms with van der Waals surface area (Å²) in [7, 11) is 2.09. The van der Waals surface area contributed by atoms with Gasteiger partial charge in [0.25, 0.3) is 0 Å². The lowest BCUT2D eigenvalue weighted by molar-refractivity contribution is -0.108. The first-order valence-electron chi connectivity index (χ1n) is 4.39. The largest absolute Gasteiger partial charge is 0.303 e. The van der Waals surface area contributed by atoms with E-state index in [4.69, 9.17) is 0 Å². The lowest BCUT2D eigenvalue weighted by Gasteiger charge is -2.25. The minimum atomic E-state index is 0.625. The van der Waals surface area contributed by atoms with E-state index in [1.165, 1.54) is 0 Å². The van der Waals surface area contributed by atoms with Gasteiger partial charge >= 0.3 is 0 Å². The molecule has 1 unspecified atom stereocenters. The number of thioether (sulfide) groups is 1. The van der Waals surface area contributed by atoms with Crippen LogP contribution in [0.4, 0.5) is 0 Å². The molecule has 0 aromatic carbocycles. The van der Waals surface area contributed by atoms with Crippen LogP contribution in [0.2, 0.25) is 0 Å². The van der Waals surface area contributed by atoms with E-state index in [1.807, 2.05) is 11.8 Å². The Morgan fingerprint density at radius 3 is 2.67 bits per heavy atom. The van der Waals surface area contributed by atoms with Gasteiger partial charge in [-0.05, 0) is 19.7 Å². The van der Waals surface area contributed by atoms with Gasteiger partial charge in [-0.3, -0.25) is 0 Å². The maximum absolute atomic E-state index is 10.1. The van der Waals surface area contributed by atoms with Crippen LogP contribution >= 0.6 is 11.8 Å². The predicted octanol–water partition coefficient (Wildman–Crippen LogP) is 1.65. The Hall–Kier alpha value is -0.0200. The van der Waals surface area contributed by atoms with Crippen LogP contribution in [0.15, 0.2) is 0 Å².